The predicted molar refractivity (Wildman–Crippen MR) is 124 cm³/mol. The third-order valence-electron chi connectivity index (χ3n) is 7.24. The Morgan fingerprint density at radius 2 is 1.94 bits per heavy atom. The molecule has 4 saturated carbocycles. The van der Waals surface area contributed by atoms with Crippen LogP contribution in [0.15, 0.2) is 9.59 Å². The Balaban J connectivity index is 1.78. The van der Waals surface area contributed by atoms with Gasteiger partial charge >= 0.3 is 5.69 Å². The molecule has 8 nitrogen and oxygen atoms in total. The number of nitrogens with one attached hydrogen (secondary N) is 1. The van der Waals surface area contributed by atoms with Crippen molar-refractivity contribution in [1.82, 2.24) is 9.55 Å². The number of hydrogen-bond donors (Lipinski definition) is 2. The Morgan fingerprint density at radius 3 is 2.48 bits per heavy atom. The number of alkyl halides is 1. The molecule has 4 aliphatic rings. The molecule has 1 aromatic rings. The topological polar surface area (TPSA) is 110 Å². The van der Waals surface area contributed by atoms with Gasteiger partial charge in [0.15, 0.2) is 5.69 Å². The van der Waals surface area contributed by atoms with Crippen LogP contribution in [0.25, 0.3) is 0 Å². The summed E-state index contributed by atoms with van der Waals surface area (Å²) in [7, 11) is 1.56. The molecule has 3 N–H and O–H groups in total. The fourth-order valence-corrected chi connectivity index (χ4v) is 8.02. The van der Waals surface area contributed by atoms with Gasteiger partial charge in [-0.05, 0) is 56.3 Å². The first-order valence-corrected chi connectivity index (χ1v) is 12.0. The molecular formula is C22H33BrN4O4. The minimum atomic E-state index is -0.620. The lowest BCUT2D eigenvalue weighted by molar-refractivity contribution is -0.141. The van der Waals surface area contributed by atoms with Crippen LogP contribution in [0.4, 0.5) is 11.5 Å². The highest BCUT2D eigenvalue weighted by Gasteiger charge is 2.60. The van der Waals surface area contributed by atoms with Crippen molar-refractivity contribution in [3.8, 4) is 0 Å². The molecule has 0 radical (unpaired) electrons. The molecule has 1 amide bonds. The summed E-state index contributed by atoms with van der Waals surface area (Å²) in [4.78, 5) is 43.3. The molecule has 4 fully saturated rings. The van der Waals surface area contributed by atoms with Crippen molar-refractivity contribution in [2.75, 3.05) is 30.9 Å². The zero-order chi connectivity index (χ0) is 22.6. The van der Waals surface area contributed by atoms with E-state index < -0.39 is 16.7 Å². The first-order chi connectivity index (χ1) is 14.6. The number of hydrogen-bond acceptors (Lipinski definition) is 5. The molecule has 1 aromatic heterocycles. The molecule has 0 saturated heterocycles. The van der Waals surface area contributed by atoms with E-state index in [1.165, 1.54) is 15.9 Å². The number of amides is 1. The van der Waals surface area contributed by atoms with Crippen LogP contribution in [0.3, 0.4) is 0 Å². The van der Waals surface area contributed by atoms with Crippen LogP contribution < -0.4 is 21.9 Å². The number of nitrogens with two attached hydrogens (primary N) is 1. The Bertz CT molecular complexity index is 971. The maximum Gasteiger partial charge on any atom is 0.330 e. The molecule has 31 heavy (non-hydrogen) atoms. The number of halogens is 1. The number of aromatic nitrogens is 2. The molecule has 4 aliphatic carbocycles. The number of ether oxygens (including phenoxy) is 1. The molecule has 0 spiro atoms. The number of carbonyl (C=O) groups excluding carboxylic acids is 1. The van der Waals surface area contributed by atoms with E-state index in [1.54, 1.807) is 7.11 Å². The molecular weight excluding hydrogens is 464 g/mol. The summed E-state index contributed by atoms with van der Waals surface area (Å²) in [6, 6.07) is 0. The van der Waals surface area contributed by atoms with Crippen LogP contribution in [-0.2, 0) is 16.1 Å². The molecule has 172 valence electrons. The second-order valence-electron chi connectivity index (χ2n) is 10.3. The molecule has 1 heterocycles. The smallest absolute Gasteiger partial charge is 0.330 e. The van der Waals surface area contributed by atoms with Crippen molar-refractivity contribution in [3.05, 3.63) is 20.8 Å². The first-order valence-electron chi connectivity index (χ1n) is 11.2. The maximum atomic E-state index is 14.1. The molecule has 9 heteroatoms. The summed E-state index contributed by atoms with van der Waals surface area (Å²) < 4.78 is 6.63. The monoisotopic (exact) mass is 496 g/mol. The number of nitrogens with zero attached hydrogens (tertiary/aromatic N) is 2. The number of aromatic amines is 1. The van der Waals surface area contributed by atoms with Gasteiger partial charge in [0.1, 0.15) is 5.82 Å². The number of nitrogen functional groups attached to an aromatic ring is 1. The molecule has 2 atom stereocenters. The second kappa shape index (κ2) is 8.06. The van der Waals surface area contributed by atoms with Crippen molar-refractivity contribution < 1.29 is 9.53 Å². The van der Waals surface area contributed by atoms with E-state index >= 15 is 0 Å². The summed E-state index contributed by atoms with van der Waals surface area (Å²) in [5.74, 6) is 1.19. The highest BCUT2D eigenvalue weighted by atomic mass is 79.9. The Hall–Kier alpha value is -1.61. The van der Waals surface area contributed by atoms with Crippen molar-refractivity contribution in [2.45, 2.75) is 63.2 Å². The number of methoxy groups -OCH3 is 1. The van der Waals surface area contributed by atoms with Gasteiger partial charge in [0.2, 0.25) is 5.91 Å². The lowest BCUT2D eigenvalue weighted by atomic mass is 9.49. The Kier molecular flexibility index (Phi) is 5.87. The third-order valence-corrected chi connectivity index (χ3v) is 8.17. The Morgan fingerprint density at radius 1 is 1.29 bits per heavy atom. The van der Waals surface area contributed by atoms with E-state index in [0.717, 1.165) is 32.1 Å². The summed E-state index contributed by atoms with van der Waals surface area (Å²) in [6.07, 6.45) is 5.88. The van der Waals surface area contributed by atoms with Crippen LogP contribution in [-0.4, -0.2) is 40.0 Å². The average molecular weight is 497 g/mol. The molecule has 5 rings (SSSR count). The third kappa shape index (κ3) is 3.99. The molecule has 0 aliphatic heterocycles. The molecule has 2 unspecified atom stereocenters. The van der Waals surface area contributed by atoms with Gasteiger partial charge in [-0.25, -0.2) is 4.79 Å². The zero-order valence-electron chi connectivity index (χ0n) is 18.6. The van der Waals surface area contributed by atoms with E-state index in [4.69, 9.17) is 10.5 Å². The normalized spacial score (nSPS) is 31.4. The summed E-state index contributed by atoms with van der Waals surface area (Å²) in [5.41, 5.74) is 4.76. The average Bonchev–Trinajstić information content (AvgIpc) is 2.65. The summed E-state index contributed by atoms with van der Waals surface area (Å²) in [6.45, 7) is 4.79. The number of rotatable bonds is 7. The lowest BCUT2D eigenvalue weighted by Crippen LogP contribution is -2.60. The van der Waals surface area contributed by atoms with E-state index in [9.17, 15) is 14.4 Å². The predicted octanol–water partition coefficient (Wildman–Crippen LogP) is 2.49. The van der Waals surface area contributed by atoms with Crippen molar-refractivity contribution >= 4 is 33.3 Å². The van der Waals surface area contributed by atoms with Crippen LogP contribution >= 0.6 is 15.9 Å². The van der Waals surface area contributed by atoms with Crippen molar-refractivity contribution in [2.24, 2.45) is 23.2 Å². The standard InChI is InChI=1S/C22H33BrN4O4/c1-13(2)11-27-17(24)16(18(28)25-20(27)30)26(4-5-31-3)19(29)21-7-14-6-15(8-21)10-22(23,9-14)12-21/h13-15H,4-12,24H2,1-3H3,(H,25,28,30). The highest BCUT2D eigenvalue weighted by molar-refractivity contribution is 9.10. The fourth-order valence-electron chi connectivity index (χ4n) is 6.57. The van der Waals surface area contributed by atoms with Crippen LogP contribution in [0.1, 0.15) is 52.4 Å². The fraction of sp³-hybridized carbons (Fsp3) is 0.773. The first kappa shape index (κ1) is 22.6. The van der Waals surface area contributed by atoms with Gasteiger partial charge in [-0.2, -0.15) is 0 Å². The van der Waals surface area contributed by atoms with Gasteiger partial charge in [-0.3, -0.25) is 19.1 Å². The second-order valence-corrected chi connectivity index (χ2v) is 12.0. The van der Waals surface area contributed by atoms with E-state index in [2.05, 4.69) is 20.9 Å². The maximum absolute atomic E-state index is 14.1. The SMILES string of the molecule is COCCN(C(=O)C12CC3CC(CC(Br)(C3)C1)C2)c1c(N)n(CC(C)C)c(=O)[nH]c1=O. The summed E-state index contributed by atoms with van der Waals surface area (Å²) >= 11 is 3.96. The summed E-state index contributed by atoms with van der Waals surface area (Å²) in [5, 5.41) is 0. The van der Waals surface area contributed by atoms with Crippen LogP contribution in [0, 0.1) is 23.2 Å². The minimum absolute atomic E-state index is 0.00800. The molecule has 0 aromatic carbocycles. The van der Waals surface area contributed by atoms with E-state index in [1.807, 2.05) is 13.8 Å². The Labute approximate surface area is 190 Å². The van der Waals surface area contributed by atoms with Gasteiger partial charge in [-0.1, -0.05) is 29.8 Å². The minimum Gasteiger partial charge on any atom is -0.383 e. The van der Waals surface area contributed by atoms with Gasteiger partial charge in [-0.15, -0.1) is 0 Å². The van der Waals surface area contributed by atoms with Gasteiger partial charge in [0, 0.05) is 24.5 Å². The largest absolute Gasteiger partial charge is 0.383 e. The van der Waals surface area contributed by atoms with Gasteiger partial charge in [0.05, 0.1) is 12.0 Å². The quantitative estimate of drug-likeness (QED) is 0.563. The van der Waals surface area contributed by atoms with E-state index in [-0.39, 0.29) is 40.8 Å². The van der Waals surface area contributed by atoms with Gasteiger partial charge < -0.3 is 15.4 Å². The lowest BCUT2D eigenvalue weighted by Gasteiger charge is -2.60. The van der Waals surface area contributed by atoms with Crippen molar-refractivity contribution in [1.29, 1.82) is 0 Å². The van der Waals surface area contributed by atoms with Crippen LogP contribution in [0.5, 0.6) is 0 Å². The van der Waals surface area contributed by atoms with Crippen LogP contribution in [0.2, 0.25) is 0 Å². The van der Waals surface area contributed by atoms with Crippen molar-refractivity contribution in [3.63, 3.8) is 0 Å². The highest BCUT2D eigenvalue weighted by Crippen LogP contribution is 2.65. The van der Waals surface area contributed by atoms with Gasteiger partial charge in [0.25, 0.3) is 5.56 Å². The van der Waals surface area contributed by atoms with E-state index in [0.29, 0.717) is 18.4 Å². The number of carbonyl (C=O) groups is 1. The number of anilines is 2. The molecule has 4 bridgehead atoms. The number of H-pyrrole nitrogens is 1. The zero-order valence-corrected chi connectivity index (χ0v) is 20.2.